The van der Waals surface area contributed by atoms with E-state index in [0.29, 0.717) is 20.7 Å². The van der Waals surface area contributed by atoms with Crippen LogP contribution in [-0.4, -0.2) is 22.9 Å². The zero-order chi connectivity index (χ0) is 13.3. The van der Waals surface area contributed by atoms with Gasteiger partial charge in [-0.3, -0.25) is 19.7 Å². The summed E-state index contributed by atoms with van der Waals surface area (Å²) in [5.41, 5.74) is 0.417. The summed E-state index contributed by atoms with van der Waals surface area (Å²) in [5, 5.41) is 2.79. The molecule has 1 heterocycles. The van der Waals surface area contributed by atoms with Gasteiger partial charge in [0.1, 0.15) is 6.61 Å². The summed E-state index contributed by atoms with van der Waals surface area (Å²) in [4.78, 5) is 38.2. The number of nitrogens with zero attached hydrogens (tertiary/aromatic N) is 1. The van der Waals surface area contributed by atoms with Crippen molar-refractivity contribution in [1.29, 1.82) is 0 Å². The zero-order valence-corrected chi connectivity index (χ0v) is 10.3. The maximum Gasteiger partial charge on any atom is 0.356 e. The maximum absolute atomic E-state index is 11.2. The van der Waals surface area contributed by atoms with Gasteiger partial charge in [0, 0.05) is 15.6 Å². The Labute approximate surface area is 111 Å². The minimum atomic E-state index is -1.08. The molecule has 1 saturated heterocycles. The van der Waals surface area contributed by atoms with E-state index in [-0.39, 0.29) is 6.61 Å². The summed E-state index contributed by atoms with van der Waals surface area (Å²) >= 11 is 11.8. The van der Waals surface area contributed by atoms with Crippen molar-refractivity contribution in [1.82, 2.24) is 10.4 Å². The van der Waals surface area contributed by atoms with E-state index in [1.807, 2.05) is 0 Å². The van der Waals surface area contributed by atoms with Gasteiger partial charge < -0.3 is 0 Å². The van der Waals surface area contributed by atoms with Crippen LogP contribution in [0.25, 0.3) is 0 Å². The molecule has 18 heavy (non-hydrogen) atoms. The van der Waals surface area contributed by atoms with Crippen molar-refractivity contribution in [2.24, 2.45) is 0 Å². The normalized spacial score (nSPS) is 15.2. The molecule has 0 unspecified atom stereocenters. The van der Waals surface area contributed by atoms with Crippen molar-refractivity contribution < 1.29 is 19.2 Å². The second kappa shape index (κ2) is 4.93. The fraction of sp³-hybridized carbons (Fsp3) is 0.100. The van der Waals surface area contributed by atoms with Gasteiger partial charge in [0.2, 0.25) is 0 Å². The van der Waals surface area contributed by atoms with Crippen LogP contribution in [0.5, 0.6) is 0 Å². The van der Waals surface area contributed by atoms with Gasteiger partial charge in [-0.15, -0.1) is 5.06 Å². The number of hydrogen-bond acceptors (Lipinski definition) is 4. The van der Waals surface area contributed by atoms with E-state index in [1.165, 1.54) is 0 Å². The predicted octanol–water partition coefficient (Wildman–Crippen LogP) is 1.50. The number of rotatable bonds is 3. The first-order valence-electron chi connectivity index (χ1n) is 4.76. The molecule has 1 N–H and O–H groups in total. The van der Waals surface area contributed by atoms with Gasteiger partial charge in [-0.2, -0.15) is 0 Å². The summed E-state index contributed by atoms with van der Waals surface area (Å²) in [6.07, 6.45) is 0. The van der Waals surface area contributed by atoms with Gasteiger partial charge in [-0.1, -0.05) is 29.3 Å². The number of hydrogen-bond donors (Lipinski definition) is 1. The highest BCUT2D eigenvalue weighted by Gasteiger charge is 2.38. The van der Waals surface area contributed by atoms with Crippen molar-refractivity contribution >= 4 is 41.0 Å². The molecule has 1 fully saturated rings. The van der Waals surface area contributed by atoms with Gasteiger partial charge in [-0.25, -0.2) is 4.79 Å². The number of carbonyl (C=O) groups excluding carboxylic acids is 3. The predicted molar refractivity (Wildman–Crippen MR) is 61.6 cm³/mol. The largest absolute Gasteiger partial charge is 0.356 e. The van der Waals surface area contributed by atoms with Crippen LogP contribution >= 0.6 is 23.2 Å². The molecule has 0 atom stereocenters. The van der Waals surface area contributed by atoms with Crippen LogP contribution in [0.3, 0.4) is 0 Å². The Morgan fingerprint density at radius 3 is 2.28 bits per heavy atom. The van der Waals surface area contributed by atoms with Crippen LogP contribution in [-0.2, 0) is 21.0 Å². The van der Waals surface area contributed by atoms with Gasteiger partial charge in [-0.05, 0) is 12.1 Å². The number of carbonyl (C=O) groups is 3. The van der Waals surface area contributed by atoms with Crippen molar-refractivity contribution in [3.05, 3.63) is 33.8 Å². The molecule has 0 aliphatic carbocycles. The Bertz CT molecular complexity index is 526. The molecule has 8 heteroatoms. The minimum Gasteiger partial charge on any atom is -0.267 e. The Morgan fingerprint density at radius 2 is 1.78 bits per heavy atom. The summed E-state index contributed by atoms with van der Waals surface area (Å²) in [6, 6.07) is 3.88. The monoisotopic (exact) mass is 288 g/mol. The van der Waals surface area contributed by atoms with Crippen LogP contribution in [0, 0.1) is 0 Å². The lowest BCUT2D eigenvalue weighted by atomic mass is 10.2. The maximum atomic E-state index is 11.2. The third-order valence-corrected chi connectivity index (χ3v) is 2.89. The third kappa shape index (κ3) is 2.31. The highest BCUT2D eigenvalue weighted by molar-refractivity contribution is 6.44. The van der Waals surface area contributed by atoms with E-state index in [9.17, 15) is 14.4 Å². The van der Waals surface area contributed by atoms with Gasteiger partial charge >= 0.3 is 17.8 Å². The first kappa shape index (κ1) is 12.8. The second-order valence-corrected chi connectivity index (χ2v) is 4.15. The molecule has 0 radical (unpaired) electrons. The molecule has 6 nitrogen and oxygen atoms in total. The molecule has 0 aromatic heterocycles. The Hall–Kier alpha value is -1.63. The van der Waals surface area contributed by atoms with Crippen LogP contribution in [0.2, 0.25) is 10.0 Å². The average Bonchev–Trinajstić information content (AvgIpc) is 2.54. The van der Waals surface area contributed by atoms with E-state index in [0.717, 1.165) is 0 Å². The van der Waals surface area contributed by atoms with E-state index in [2.05, 4.69) is 0 Å². The minimum absolute atomic E-state index is 0.203. The molecule has 94 valence electrons. The van der Waals surface area contributed by atoms with Crippen LogP contribution in [0.1, 0.15) is 5.56 Å². The Balaban J connectivity index is 2.11. The van der Waals surface area contributed by atoms with Crippen LogP contribution in [0.15, 0.2) is 18.2 Å². The molecular weight excluding hydrogens is 283 g/mol. The number of halogens is 2. The fourth-order valence-electron chi connectivity index (χ4n) is 1.30. The molecular formula is C10H6Cl2N2O4. The molecule has 1 aromatic rings. The SMILES string of the molecule is O=C1NC(=O)N(OCc2c(Cl)cccc2Cl)C1=O. The van der Waals surface area contributed by atoms with Crippen LogP contribution < -0.4 is 5.32 Å². The molecule has 0 bridgehead atoms. The molecule has 1 aliphatic rings. The van der Waals surface area contributed by atoms with Gasteiger partial charge in [0.25, 0.3) is 0 Å². The van der Waals surface area contributed by atoms with Crippen LogP contribution in [0.4, 0.5) is 4.79 Å². The number of amides is 4. The lowest BCUT2D eigenvalue weighted by Gasteiger charge is -2.12. The van der Waals surface area contributed by atoms with Gasteiger partial charge in [0.05, 0.1) is 0 Å². The molecule has 4 amide bonds. The number of benzene rings is 1. The standard InChI is InChI=1S/C10H6Cl2N2O4/c11-6-2-1-3-7(12)5(6)4-18-14-9(16)8(15)13-10(14)17/h1-3H,4H2,(H,13,15,17). The van der Waals surface area contributed by atoms with Crippen molar-refractivity contribution in [2.45, 2.75) is 6.61 Å². The van der Waals surface area contributed by atoms with Crippen molar-refractivity contribution in [3.8, 4) is 0 Å². The second-order valence-electron chi connectivity index (χ2n) is 3.33. The lowest BCUT2D eigenvalue weighted by molar-refractivity contribution is -0.169. The zero-order valence-electron chi connectivity index (χ0n) is 8.78. The Kier molecular flexibility index (Phi) is 3.51. The smallest absolute Gasteiger partial charge is 0.267 e. The number of hydroxylamine groups is 2. The Morgan fingerprint density at radius 1 is 1.17 bits per heavy atom. The first-order chi connectivity index (χ1) is 8.50. The summed E-state index contributed by atoms with van der Waals surface area (Å²) < 4.78 is 0. The number of urea groups is 1. The highest BCUT2D eigenvalue weighted by Crippen LogP contribution is 2.25. The lowest BCUT2D eigenvalue weighted by Crippen LogP contribution is -2.31. The molecule has 1 aliphatic heterocycles. The highest BCUT2D eigenvalue weighted by atomic mass is 35.5. The van der Waals surface area contributed by atoms with E-state index in [1.54, 1.807) is 23.5 Å². The van der Waals surface area contributed by atoms with E-state index < -0.39 is 17.8 Å². The summed E-state index contributed by atoms with van der Waals surface area (Å²) in [7, 11) is 0. The molecule has 1 aromatic carbocycles. The topological polar surface area (TPSA) is 75.7 Å². The quantitative estimate of drug-likeness (QED) is 0.676. The number of nitrogens with one attached hydrogen (secondary N) is 1. The molecule has 0 spiro atoms. The average molecular weight is 289 g/mol. The molecule has 0 saturated carbocycles. The fourth-order valence-corrected chi connectivity index (χ4v) is 1.81. The first-order valence-corrected chi connectivity index (χ1v) is 5.51. The molecule has 2 rings (SSSR count). The third-order valence-electron chi connectivity index (χ3n) is 2.18. The van der Waals surface area contributed by atoms with Gasteiger partial charge in [0.15, 0.2) is 0 Å². The van der Waals surface area contributed by atoms with Crippen molar-refractivity contribution in [3.63, 3.8) is 0 Å². The van der Waals surface area contributed by atoms with E-state index in [4.69, 9.17) is 28.0 Å². The summed E-state index contributed by atoms with van der Waals surface area (Å²) in [6.45, 7) is -0.203. The summed E-state index contributed by atoms with van der Waals surface area (Å²) in [5.74, 6) is -2.12. The van der Waals surface area contributed by atoms with Crippen molar-refractivity contribution in [2.75, 3.05) is 0 Å². The van der Waals surface area contributed by atoms with E-state index >= 15 is 0 Å². The number of imide groups is 2.